The maximum atomic E-state index is 12.5. The Balaban J connectivity index is 2.03. The van der Waals surface area contributed by atoms with Crippen molar-refractivity contribution in [1.29, 1.82) is 0 Å². The predicted octanol–water partition coefficient (Wildman–Crippen LogP) is 1.81. The van der Waals surface area contributed by atoms with Crippen molar-refractivity contribution in [3.05, 3.63) is 48.0 Å². The van der Waals surface area contributed by atoms with Crippen molar-refractivity contribution in [3.8, 4) is 11.5 Å². The number of nitrogens with two attached hydrogens (primary N) is 1. The lowest BCUT2D eigenvalue weighted by atomic mass is 10.2. The number of nitrogens with one attached hydrogen (secondary N) is 1. The molecule has 0 saturated carbocycles. The third-order valence-corrected chi connectivity index (χ3v) is 4.91. The summed E-state index contributed by atoms with van der Waals surface area (Å²) in [6.45, 7) is -0.482. The van der Waals surface area contributed by atoms with Crippen molar-refractivity contribution in [2.45, 2.75) is 10.7 Å². The zero-order chi connectivity index (χ0) is 20.9. The van der Waals surface area contributed by atoms with Crippen LogP contribution in [0.5, 0.6) is 11.5 Å². The molecule has 0 bridgehead atoms. The molecule has 3 N–H and O–H groups in total. The molecule has 28 heavy (non-hydrogen) atoms. The van der Waals surface area contributed by atoms with E-state index in [4.69, 9.17) is 15.2 Å². The number of primary amides is 1. The van der Waals surface area contributed by atoms with Crippen molar-refractivity contribution in [1.82, 2.24) is 0 Å². The van der Waals surface area contributed by atoms with E-state index in [2.05, 4.69) is 5.32 Å². The molecule has 0 fully saturated rings. The van der Waals surface area contributed by atoms with Gasteiger partial charge in [0.25, 0.3) is 11.8 Å². The highest BCUT2D eigenvalue weighted by Gasteiger charge is 2.26. The summed E-state index contributed by atoms with van der Waals surface area (Å²) < 4.78 is 58.0. The number of ether oxygens (including phenoxy) is 2. The van der Waals surface area contributed by atoms with Crippen LogP contribution in [0.2, 0.25) is 0 Å². The van der Waals surface area contributed by atoms with Crippen LogP contribution in [0.3, 0.4) is 0 Å². The maximum Gasteiger partial charge on any atom is 0.341 e. The Morgan fingerprint density at radius 1 is 1.14 bits per heavy atom. The van der Waals surface area contributed by atoms with E-state index in [1.807, 2.05) is 0 Å². The van der Waals surface area contributed by atoms with Gasteiger partial charge in [0.05, 0.1) is 17.6 Å². The molecule has 11 heteroatoms. The van der Waals surface area contributed by atoms with Crippen LogP contribution in [0.1, 0.15) is 10.4 Å². The van der Waals surface area contributed by atoms with Gasteiger partial charge in [-0.1, -0.05) is 0 Å². The van der Waals surface area contributed by atoms with Gasteiger partial charge in [0.1, 0.15) is 11.5 Å². The molecule has 0 aliphatic carbocycles. The molecule has 150 valence electrons. The van der Waals surface area contributed by atoms with Crippen LogP contribution >= 0.6 is 0 Å². The van der Waals surface area contributed by atoms with Crippen molar-refractivity contribution >= 4 is 27.3 Å². The molecule has 0 aliphatic heterocycles. The minimum absolute atomic E-state index is 0.0220. The topological polar surface area (TPSA) is 125 Å². The number of alkyl halides is 2. The molecule has 2 aromatic carbocycles. The second kappa shape index (κ2) is 8.65. The summed E-state index contributed by atoms with van der Waals surface area (Å²) >= 11 is 0. The molecule has 0 spiro atoms. The lowest BCUT2D eigenvalue weighted by Gasteiger charge is -2.11. The van der Waals surface area contributed by atoms with E-state index in [0.717, 1.165) is 24.3 Å². The third-order valence-electron chi connectivity index (χ3n) is 3.51. The molecule has 0 aromatic heterocycles. The molecule has 0 aliphatic rings. The van der Waals surface area contributed by atoms with Crippen molar-refractivity contribution in [2.75, 3.05) is 19.0 Å². The summed E-state index contributed by atoms with van der Waals surface area (Å²) in [6, 6.07) is 8.51. The number of anilines is 1. The molecular formula is C17H16F2N2O6S. The van der Waals surface area contributed by atoms with Crippen LogP contribution in [0.4, 0.5) is 14.5 Å². The first kappa shape index (κ1) is 21.1. The van der Waals surface area contributed by atoms with Crippen LogP contribution in [0.25, 0.3) is 0 Å². The SMILES string of the molecule is COc1ccc(OCC(=O)Nc2ccc(S(=O)(=O)C(F)F)cc2)c(C(N)=O)c1. The molecule has 0 saturated heterocycles. The first-order valence-electron chi connectivity index (χ1n) is 7.67. The largest absolute Gasteiger partial charge is 0.497 e. The Hall–Kier alpha value is -3.21. The summed E-state index contributed by atoms with van der Waals surface area (Å²) in [7, 11) is -3.30. The number of rotatable bonds is 8. The average Bonchev–Trinajstić information content (AvgIpc) is 2.66. The fraction of sp³-hybridized carbons (Fsp3) is 0.176. The zero-order valence-corrected chi connectivity index (χ0v) is 15.3. The number of carbonyl (C=O) groups is 2. The summed E-state index contributed by atoms with van der Waals surface area (Å²) in [4.78, 5) is 22.9. The smallest absolute Gasteiger partial charge is 0.341 e. The highest BCUT2D eigenvalue weighted by Crippen LogP contribution is 2.24. The van der Waals surface area contributed by atoms with E-state index in [-0.39, 0.29) is 17.0 Å². The van der Waals surface area contributed by atoms with Gasteiger partial charge in [-0.05, 0) is 42.5 Å². The monoisotopic (exact) mass is 414 g/mol. The lowest BCUT2D eigenvalue weighted by molar-refractivity contribution is -0.118. The fourth-order valence-corrected chi connectivity index (χ4v) is 2.85. The number of carbonyl (C=O) groups excluding carboxylic acids is 2. The van der Waals surface area contributed by atoms with E-state index >= 15 is 0 Å². The Labute approximate surface area is 159 Å². The number of hydrogen-bond donors (Lipinski definition) is 2. The number of methoxy groups -OCH3 is 1. The Morgan fingerprint density at radius 3 is 2.32 bits per heavy atom. The van der Waals surface area contributed by atoms with Gasteiger partial charge in [-0.15, -0.1) is 0 Å². The molecule has 2 rings (SSSR count). The molecule has 2 aromatic rings. The normalized spacial score (nSPS) is 11.1. The van der Waals surface area contributed by atoms with Gasteiger partial charge < -0.3 is 20.5 Å². The zero-order valence-electron chi connectivity index (χ0n) is 14.5. The number of amides is 2. The van der Waals surface area contributed by atoms with Crippen LogP contribution in [0, 0.1) is 0 Å². The first-order valence-corrected chi connectivity index (χ1v) is 9.22. The summed E-state index contributed by atoms with van der Waals surface area (Å²) in [5.74, 6) is -4.49. The molecule has 0 heterocycles. The minimum Gasteiger partial charge on any atom is -0.497 e. The van der Waals surface area contributed by atoms with Gasteiger partial charge in [-0.2, -0.15) is 8.78 Å². The first-order chi connectivity index (χ1) is 13.1. The highest BCUT2D eigenvalue weighted by atomic mass is 32.2. The number of halogens is 2. The van der Waals surface area contributed by atoms with E-state index in [9.17, 15) is 26.8 Å². The molecule has 0 unspecified atom stereocenters. The van der Waals surface area contributed by atoms with Gasteiger partial charge in [0.15, 0.2) is 6.61 Å². The number of sulfone groups is 1. The van der Waals surface area contributed by atoms with Crippen molar-refractivity contribution < 1.29 is 36.3 Å². The Morgan fingerprint density at radius 2 is 1.79 bits per heavy atom. The van der Waals surface area contributed by atoms with Crippen LogP contribution in [-0.4, -0.2) is 39.7 Å². The summed E-state index contributed by atoms with van der Waals surface area (Å²) in [5, 5.41) is 2.40. The molecule has 8 nitrogen and oxygen atoms in total. The average molecular weight is 414 g/mol. The van der Waals surface area contributed by atoms with Crippen LogP contribution in [-0.2, 0) is 14.6 Å². The maximum absolute atomic E-state index is 12.5. The minimum atomic E-state index is -4.71. The predicted molar refractivity (Wildman–Crippen MR) is 95.3 cm³/mol. The van der Waals surface area contributed by atoms with E-state index in [1.54, 1.807) is 0 Å². The second-order valence-electron chi connectivity index (χ2n) is 5.39. The molecule has 2 amide bonds. The third kappa shape index (κ3) is 4.94. The molecule has 0 radical (unpaired) electrons. The van der Waals surface area contributed by atoms with Gasteiger partial charge in [-0.25, -0.2) is 8.42 Å². The Kier molecular flexibility index (Phi) is 6.52. The van der Waals surface area contributed by atoms with Crippen molar-refractivity contribution in [3.63, 3.8) is 0 Å². The molecular weight excluding hydrogens is 398 g/mol. The van der Waals surface area contributed by atoms with Crippen LogP contribution < -0.4 is 20.5 Å². The highest BCUT2D eigenvalue weighted by molar-refractivity contribution is 7.91. The van der Waals surface area contributed by atoms with E-state index in [0.29, 0.717) is 5.75 Å². The van der Waals surface area contributed by atoms with E-state index < -0.39 is 38.9 Å². The number of benzene rings is 2. The number of hydrogen-bond acceptors (Lipinski definition) is 6. The fourth-order valence-electron chi connectivity index (χ4n) is 2.13. The quantitative estimate of drug-likeness (QED) is 0.679. The standard InChI is InChI=1S/C17H16F2N2O6S/c1-26-11-4-7-14(13(8-11)16(20)23)27-9-15(22)21-10-2-5-12(6-3-10)28(24,25)17(18)19/h2-8,17H,9H2,1H3,(H2,20,23)(H,21,22). The second-order valence-corrected chi connectivity index (χ2v) is 7.31. The lowest BCUT2D eigenvalue weighted by Crippen LogP contribution is -2.22. The van der Waals surface area contributed by atoms with E-state index in [1.165, 1.54) is 25.3 Å². The Bertz CT molecular complexity index is 978. The van der Waals surface area contributed by atoms with Gasteiger partial charge in [-0.3, -0.25) is 9.59 Å². The summed E-state index contributed by atoms with van der Waals surface area (Å²) in [5.41, 5.74) is 5.46. The van der Waals surface area contributed by atoms with Gasteiger partial charge >= 0.3 is 5.76 Å². The van der Waals surface area contributed by atoms with Gasteiger partial charge in [0, 0.05) is 5.69 Å². The van der Waals surface area contributed by atoms with Crippen molar-refractivity contribution in [2.24, 2.45) is 5.73 Å². The molecule has 0 atom stereocenters. The summed E-state index contributed by atoms with van der Waals surface area (Å²) in [6.07, 6.45) is 0. The van der Waals surface area contributed by atoms with Gasteiger partial charge in [0.2, 0.25) is 9.84 Å². The van der Waals surface area contributed by atoms with Crippen LogP contribution in [0.15, 0.2) is 47.4 Å².